The molecule has 0 spiro atoms. The molecule has 1 saturated heterocycles. The first-order valence-electron chi connectivity index (χ1n) is 9.03. The standard InChI is InChI=1S/C18H29N3O5S/c1-25-17-5-3-16(4-6-17)15-19-18(22)7-8-21(27(2,23)24)10-9-20-11-13-26-14-12-20/h3-6H,7-15H2,1-2H3,(H,19,22). The van der Waals surface area contributed by atoms with Crippen molar-refractivity contribution in [2.24, 2.45) is 0 Å². The zero-order chi connectivity index (χ0) is 19.7. The summed E-state index contributed by atoms with van der Waals surface area (Å²) in [5.41, 5.74) is 0.955. The number of hydrogen-bond acceptors (Lipinski definition) is 6. The average Bonchev–Trinajstić information content (AvgIpc) is 2.66. The Morgan fingerprint density at radius 3 is 2.48 bits per heavy atom. The number of carbonyl (C=O) groups is 1. The van der Waals surface area contributed by atoms with Gasteiger partial charge < -0.3 is 14.8 Å². The number of sulfonamides is 1. The van der Waals surface area contributed by atoms with Gasteiger partial charge in [-0.15, -0.1) is 0 Å². The van der Waals surface area contributed by atoms with Crippen LogP contribution < -0.4 is 10.1 Å². The molecule has 1 fully saturated rings. The average molecular weight is 400 g/mol. The number of nitrogens with zero attached hydrogens (tertiary/aromatic N) is 2. The molecule has 1 aromatic rings. The van der Waals surface area contributed by atoms with E-state index in [-0.39, 0.29) is 18.9 Å². The normalized spacial score (nSPS) is 15.7. The van der Waals surface area contributed by atoms with Gasteiger partial charge in [0.15, 0.2) is 0 Å². The molecular formula is C18H29N3O5S. The van der Waals surface area contributed by atoms with Gasteiger partial charge in [-0.25, -0.2) is 12.7 Å². The molecule has 0 bridgehead atoms. The maximum Gasteiger partial charge on any atom is 0.221 e. The van der Waals surface area contributed by atoms with Crippen molar-refractivity contribution in [3.8, 4) is 5.75 Å². The fourth-order valence-corrected chi connectivity index (χ4v) is 3.62. The Balaban J connectivity index is 1.76. The van der Waals surface area contributed by atoms with Crippen LogP contribution in [0.1, 0.15) is 12.0 Å². The quantitative estimate of drug-likeness (QED) is 0.609. The number of hydrogen-bond donors (Lipinski definition) is 1. The first kappa shape index (κ1) is 21.6. The summed E-state index contributed by atoms with van der Waals surface area (Å²) in [5, 5.41) is 2.82. The highest BCUT2D eigenvalue weighted by Crippen LogP contribution is 2.11. The number of morpholine rings is 1. The monoisotopic (exact) mass is 399 g/mol. The van der Waals surface area contributed by atoms with Crippen molar-refractivity contribution in [2.75, 3.05) is 59.3 Å². The maximum atomic E-state index is 12.1. The maximum absolute atomic E-state index is 12.1. The van der Waals surface area contributed by atoms with Gasteiger partial charge >= 0.3 is 0 Å². The number of nitrogens with one attached hydrogen (secondary N) is 1. The van der Waals surface area contributed by atoms with Gasteiger partial charge in [-0.2, -0.15) is 0 Å². The molecule has 1 aromatic carbocycles. The Hall–Kier alpha value is -1.68. The summed E-state index contributed by atoms with van der Waals surface area (Å²) in [6.45, 7) is 4.56. The number of benzene rings is 1. The highest BCUT2D eigenvalue weighted by molar-refractivity contribution is 7.88. The van der Waals surface area contributed by atoms with E-state index in [1.165, 1.54) is 10.6 Å². The van der Waals surface area contributed by atoms with E-state index in [0.29, 0.717) is 32.8 Å². The van der Waals surface area contributed by atoms with E-state index in [1.54, 1.807) is 7.11 Å². The molecule has 1 amide bonds. The van der Waals surface area contributed by atoms with Crippen LogP contribution in [0.2, 0.25) is 0 Å². The third-order valence-electron chi connectivity index (χ3n) is 4.48. The van der Waals surface area contributed by atoms with Crippen LogP contribution in [0.25, 0.3) is 0 Å². The lowest BCUT2D eigenvalue weighted by atomic mass is 10.2. The van der Waals surface area contributed by atoms with Crippen molar-refractivity contribution in [1.82, 2.24) is 14.5 Å². The molecule has 1 aliphatic rings. The number of carbonyl (C=O) groups excluding carboxylic acids is 1. The molecule has 0 aromatic heterocycles. The van der Waals surface area contributed by atoms with E-state index < -0.39 is 10.0 Å². The van der Waals surface area contributed by atoms with E-state index >= 15 is 0 Å². The minimum Gasteiger partial charge on any atom is -0.497 e. The predicted octanol–water partition coefficient (Wildman–Crippen LogP) is 0.295. The Labute approximate surface area is 161 Å². The first-order chi connectivity index (χ1) is 12.9. The lowest BCUT2D eigenvalue weighted by Gasteiger charge is -2.29. The van der Waals surface area contributed by atoms with Crippen LogP contribution in [-0.2, 0) is 26.1 Å². The van der Waals surface area contributed by atoms with Crippen molar-refractivity contribution in [3.05, 3.63) is 29.8 Å². The van der Waals surface area contributed by atoms with Crippen molar-refractivity contribution in [2.45, 2.75) is 13.0 Å². The fourth-order valence-electron chi connectivity index (χ4n) is 2.78. The molecular weight excluding hydrogens is 370 g/mol. The van der Waals surface area contributed by atoms with Crippen molar-refractivity contribution in [1.29, 1.82) is 0 Å². The minimum atomic E-state index is -3.35. The Bertz CT molecular complexity index is 687. The van der Waals surface area contributed by atoms with Crippen LogP contribution in [0.4, 0.5) is 0 Å². The van der Waals surface area contributed by atoms with Gasteiger partial charge in [-0.3, -0.25) is 9.69 Å². The van der Waals surface area contributed by atoms with E-state index in [1.807, 2.05) is 24.3 Å². The smallest absolute Gasteiger partial charge is 0.221 e. The minimum absolute atomic E-state index is 0.131. The van der Waals surface area contributed by atoms with Gasteiger partial charge in [-0.05, 0) is 17.7 Å². The Morgan fingerprint density at radius 2 is 1.89 bits per heavy atom. The predicted molar refractivity (Wildman–Crippen MR) is 103 cm³/mol. The molecule has 1 heterocycles. The highest BCUT2D eigenvalue weighted by atomic mass is 32.2. The van der Waals surface area contributed by atoms with Crippen LogP contribution >= 0.6 is 0 Å². The van der Waals surface area contributed by atoms with Crippen LogP contribution in [0, 0.1) is 0 Å². The lowest BCUT2D eigenvalue weighted by molar-refractivity contribution is -0.121. The van der Waals surface area contributed by atoms with Crippen LogP contribution in [0.3, 0.4) is 0 Å². The molecule has 8 nitrogen and oxygen atoms in total. The summed E-state index contributed by atoms with van der Waals surface area (Å²) < 4.78 is 35.8. The van der Waals surface area contributed by atoms with Crippen LogP contribution in [0.15, 0.2) is 24.3 Å². The largest absolute Gasteiger partial charge is 0.497 e. The number of amides is 1. The summed E-state index contributed by atoms with van der Waals surface area (Å²) in [5.74, 6) is 0.583. The molecule has 2 rings (SSSR count). The number of ether oxygens (including phenoxy) is 2. The second kappa shape index (κ2) is 10.6. The Morgan fingerprint density at radius 1 is 1.22 bits per heavy atom. The third-order valence-corrected chi connectivity index (χ3v) is 5.78. The van der Waals surface area contributed by atoms with E-state index in [4.69, 9.17) is 9.47 Å². The molecule has 0 atom stereocenters. The molecule has 0 unspecified atom stereocenters. The topological polar surface area (TPSA) is 88.2 Å². The highest BCUT2D eigenvalue weighted by Gasteiger charge is 2.19. The van der Waals surface area contributed by atoms with Gasteiger partial charge in [0.25, 0.3) is 0 Å². The molecule has 9 heteroatoms. The van der Waals surface area contributed by atoms with Crippen LogP contribution in [0.5, 0.6) is 5.75 Å². The fraction of sp³-hybridized carbons (Fsp3) is 0.611. The molecule has 27 heavy (non-hydrogen) atoms. The molecule has 152 valence electrons. The second-order valence-electron chi connectivity index (χ2n) is 6.49. The molecule has 0 aliphatic carbocycles. The zero-order valence-electron chi connectivity index (χ0n) is 16.0. The second-order valence-corrected chi connectivity index (χ2v) is 8.47. The van der Waals surface area contributed by atoms with Gasteiger partial charge in [0.2, 0.25) is 15.9 Å². The summed E-state index contributed by atoms with van der Waals surface area (Å²) in [4.78, 5) is 14.3. The molecule has 0 radical (unpaired) electrons. The Kier molecular flexibility index (Phi) is 8.49. The van der Waals surface area contributed by atoms with Crippen molar-refractivity contribution < 1.29 is 22.7 Å². The SMILES string of the molecule is COc1ccc(CNC(=O)CCN(CCN2CCOCC2)S(C)(=O)=O)cc1. The number of methoxy groups -OCH3 is 1. The summed E-state index contributed by atoms with van der Waals surface area (Å²) >= 11 is 0. The van der Waals surface area contributed by atoms with Gasteiger partial charge in [-0.1, -0.05) is 12.1 Å². The van der Waals surface area contributed by atoms with E-state index in [9.17, 15) is 13.2 Å². The molecule has 0 saturated carbocycles. The van der Waals surface area contributed by atoms with Gasteiger partial charge in [0.05, 0.1) is 26.6 Å². The third kappa shape index (κ3) is 7.84. The summed E-state index contributed by atoms with van der Waals surface area (Å²) in [6.07, 6.45) is 1.31. The van der Waals surface area contributed by atoms with Crippen molar-refractivity contribution in [3.63, 3.8) is 0 Å². The first-order valence-corrected chi connectivity index (χ1v) is 10.9. The van der Waals surface area contributed by atoms with E-state index in [0.717, 1.165) is 24.4 Å². The summed E-state index contributed by atoms with van der Waals surface area (Å²) in [6, 6.07) is 7.42. The van der Waals surface area contributed by atoms with Gasteiger partial charge in [0.1, 0.15) is 5.75 Å². The number of rotatable bonds is 10. The van der Waals surface area contributed by atoms with E-state index in [2.05, 4.69) is 10.2 Å². The molecule has 1 N–H and O–H groups in total. The van der Waals surface area contributed by atoms with Gasteiger partial charge in [0, 0.05) is 45.7 Å². The lowest BCUT2D eigenvalue weighted by Crippen LogP contribution is -2.43. The zero-order valence-corrected chi connectivity index (χ0v) is 16.8. The summed E-state index contributed by atoms with van der Waals surface area (Å²) in [7, 11) is -1.75. The van der Waals surface area contributed by atoms with Crippen molar-refractivity contribution >= 4 is 15.9 Å². The molecule has 1 aliphatic heterocycles. The van der Waals surface area contributed by atoms with Crippen LogP contribution in [-0.4, -0.2) is 82.8 Å².